The van der Waals surface area contributed by atoms with Crippen LogP contribution in [-0.4, -0.2) is 68.1 Å². The van der Waals surface area contributed by atoms with Crippen LogP contribution in [0.4, 0.5) is 4.79 Å². The second-order valence-corrected chi connectivity index (χ2v) is 5.14. The highest BCUT2D eigenvalue weighted by Gasteiger charge is 2.29. The van der Waals surface area contributed by atoms with Crippen LogP contribution >= 0.6 is 0 Å². The molecule has 0 aliphatic carbocycles. The van der Waals surface area contributed by atoms with Gasteiger partial charge in [-0.25, -0.2) is 9.59 Å². The minimum atomic E-state index is -1.02. The highest BCUT2D eigenvalue weighted by atomic mass is 16.5. The van der Waals surface area contributed by atoms with Crippen LogP contribution in [-0.2, 0) is 14.3 Å². The number of amides is 2. The first-order chi connectivity index (χ1) is 9.88. The number of carbonyl (C=O) groups excluding carboxylic acids is 1. The van der Waals surface area contributed by atoms with Gasteiger partial charge in [-0.05, 0) is 12.8 Å². The second kappa shape index (κ2) is 10.4. The number of carboxylic acid groups (broad SMARTS) is 1. The first kappa shape index (κ1) is 19.7. The third-order valence-corrected chi connectivity index (χ3v) is 3.50. The molecule has 0 rings (SSSR count). The van der Waals surface area contributed by atoms with E-state index in [0.29, 0.717) is 26.2 Å². The van der Waals surface area contributed by atoms with E-state index in [1.54, 1.807) is 21.1 Å². The lowest BCUT2D eigenvalue weighted by Gasteiger charge is -2.31. The molecule has 0 bridgehead atoms. The number of carboxylic acids is 1. The minimum Gasteiger partial charge on any atom is -0.480 e. The molecule has 0 radical (unpaired) electrons. The van der Waals surface area contributed by atoms with Gasteiger partial charge in [0.05, 0.1) is 19.3 Å². The lowest BCUT2D eigenvalue weighted by atomic mass is 9.99. The van der Waals surface area contributed by atoms with Gasteiger partial charge in [-0.2, -0.15) is 0 Å². The van der Waals surface area contributed by atoms with Crippen LogP contribution in [0.25, 0.3) is 0 Å². The predicted octanol–water partition coefficient (Wildman–Crippen LogP) is 1.18. The summed E-state index contributed by atoms with van der Waals surface area (Å²) in [7, 11) is 3.11. The maximum absolute atomic E-state index is 12.3. The predicted molar refractivity (Wildman–Crippen MR) is 79.3 cm³/mol. The highest BCUT2D eigenvalue weighted by molar-refractivity contribution is 5.83. The zero-order valence-corrected chi connectivity index (χ0v) is 13.6. The summed E-state index contributed by atoms with van der Waals surface area (Å²) in [6, 6.07) is -1.48. The van der Waals surface area contributed by atoms with Crippen LogP contribution in [0.5, 0.6) is 0 Å². The van der Waals surface area contributed by atoms with Crippen molar-refractivity contribution in [3.8, 4) is 0 Å². The van der Waals surface area contributed by atoms with E-state index >= 15 is 0 Å². The van der Waals surface area contributed by atoms with Gasteiger partial charge in [-0.3, -0.25) is 0 Å². The Kier molecular flexibility index (Phi) is 9.73. The second-order valence-electron chi connectivity index (χ2n) is 5.14. The monoisotopic (exact) mass is 304 g/mol. The van der Waals surface area contributed by atoms with Crippen molar-refractivity contribution in [3.05, 3.63) is 0 Å². The number of urea groups is 1. The maximum atomic E-state index is 12.3. The molecule has 124 valence electrons. The van der Waals surface area contributed by atoms with Crippen molar-refractivity contribution in [2.24, 2.45) is 5.92 Å². The number of nitrogens with one attached hydrogen (secondary N) is 1. The molecule has 0 heterocycles. The van der Waals surface area contributed by atoms with Gasteiger partial charge in [-0.15, -0.1) is 0 Å². The number of hydrogen-bond donors (Lipinski definition) is 2. The fourth-order valence-electron chi connectivity index (χ4n) is 1.94. The van der Waals surface area contributed by atoms with Crippen LogP contribution in [0.1, 0.15) is 27.2 Å². The molecule has 0 saturated carbocycles. The van der Waals surface area contributed by atoms with Crippen LogP contribution < -0.4 is 5.32 Å². The van der Waals surface area contributed by atoms with Crippen molar-refractivity contribution in [2.45, 2.75) is 39.3 Å². The van der Waals surface area contributed by atoms with Crippen molar-refractivity contribution >= 4 is 12.0 Å². The van der Waals surface area contributed by atoms with E-state index in [1.165, 1.54) is 4.90 Å². The Morgan fingerprint density at radius 2 is 1.86 bits per heavy atom. The zero-order valence-electron chi connectivity index (χ0n) is 13.6. The summed E-state index contributed by atoms with van der Waals surface area (Å²) in [5, 5.41) is 11.8. The number of hydrogen-bond acceptors (Lipinski definition) is 4. The summed E-state index contributed by atoms with van der Waals surface area (Å²) < 4.78 is 10.1. The van der Waals surface area contributed by atoms with Crippen molar-refractivity contribution in [1.29, 1.82) is 0 Å². The molecule has 2 N–H and O–H groups in total. The minimum absolute atomic E-state index is 0.145. The smallest absolute Gasteiger partial charge is 0.326 e. The lowest BCUT2D eigenvalue weighted by Crippen LogP contribution is -2.54. The first-order valence-electron chi connectivity index (χ1n) is 7.16. The molecular weight excluding hydrogens is 276 g/mol. The number of methoxy groups -OCH3 is 2. The van der Waals surface area contributed by atoms with Crippen molar-refractivity contribution < 1.29 is 24.2 Å². The standard InChI is InChI=1S/C14H28N2O5/c1-6-10(2)12(13(17)18)15-14(19)16(7-8-20-4)11(3)9-21-5/h10-12H,6-9H2,1-5H3,(H,15,19)(H,17,18)/t10-,11?,12-/m0/s1. The number of rotatable bonds is 10. The van der Waals surface area contributed by atoms with E-state index in [-0.39, 0.29) is 12.0 Å². The molecular formula is C14H28N2O5. The molecule has 0 aromatic rings. The number of nitrogens with zero attached hydrogens (tertiary/aromatic N) is 1. The topological polar surface area (TPSA) is 88.1 Å². The number of carbonyl (C=O) groups is 2. The molecule has 0 fully saturated rings. The van der Waals surface area contributed by atoms with E-state index in [4.69, 9.17) is 9.47 Å². The third-order valence-electron chi connectivity index (χ3n) is 3.50. The molecule has 3 atom stereocenters. The normalized spacial score (nSPS) is 15.1. The molecule has 7 heteroatoms. The summed E-state index contributed by atoms with van der Waals surface area (Å²) in [4.78, 5) is 25.2. The van der Waals surface area contributed by atoms with Gasteiger partial charge < -0.3 is 24.8 Å². The Labute approximate surface area is 126 Å². The van der Waals surface area contributed by atoms with E-state index in [1.807, 2.05) is 13.8 Å². The SMILES string of the molecule is CC[C@H](C)[C@H](NC(=O)N(CCOC)C(C)COC)C(=O)O. The molecule has 2 amide bonds. The van der Waals surface area contributed by atoms with E-state index in [9.17, 15) is 14.7 Å². The summed E-state index contributed by atoms with van der Waals surface area (Å²) in [6.45, 7) is 6.67. The van der Waals surface area contributed by atoms with Crippen LogP contribution in [0.3, 0.4) is 0 Å². The Bertz CT molecular complexity index is 324. The average molecular weight is 304 g/mol. The lowest BCUT2D eigenvalue weighted by molar-refractivity contribution is -0.140. The van der Waals surface area contributed by atoms with Crippen molar-refractivity contribution in [1.82, 2.24) is 10.2 Å². The largest absolute Gasteiger partial charge is 0.480 e. The molecule has 0 aliphatic rings. The molecule has 0 aliphatic heterocycles. The fourth-order valence-corrected chi connectivity index (χ4v) is 1.94. The van der Waals surface area contributed by atoms with Gasteiger partial charge >= 0.3 is 12.0 Å². The van der Waals surface area contributed by atoms with Gasteiger partial charge in [-0.1, -0.05) is 20.3 Å². The van der Waals surface area contributed by atoms with E-state index in [0.717, 1.165) is 0 Å². The van der Waals surface area contributed by atoms with Gasteiger partial charge in [0, 0.05) is 20.8 Å². The third kappa shape index (κ3) is 6.77. The Morgan fingerprint density at radius 1 is 1.24 bits per heavy atom. The van der Waals surface area contributed by atoms with E-state index < -0.39 is 18.0 Å². The van der Waals surface area contributed by atoms with Gasteiger partial charge in [0.15, 0.2) is 0 Å². The quantitative estimate of drug-likeness (QED) is 0.633. The number of ether oxygens (including phenoxy) is 2. The fraction of sp³-hybridized carbons (Fsp3) is 0.857. The van der Waals surface area contributed by atoms with Crippen LogP contribution in [0, 0.1) is 5.92 Å². The molecule has 0 aromatic heterocycles. The number of aliphatic carboxylic acids is 1. The summed E-state index contributed by atoms with van der Waals surface area (Å²) in [5.41, 5.74) is 0. The first-order valence-corrected chi connectivity index (χ1v) is 7.16. The van der Waals surface area contributed by atoms with Gasteiger partial charge in [0.1, 0.15) is 6.04 Å². The maximum Gasteiger partial charge on any atom is 0.326 e. The molecule has 21 heavy (non-hydrogen) atoms. The molecule has 7 nitrogen and oxygen atoms in total. The van der Waals surface area contributed by atoms with Crippen LogP contribution in [0.15, 0.2) is 0 Å². The molecule has 0 saturated heterocycles. The zero-order chi connectivity index (χ0) is 16.4. The van der Waals surface area contributed by atoms with Crippen LogP contribution in [0.2, 0.25) is 0 Å². The molecule has 0 spiro atoms. The van der Waals surface area contributed by atoms with E-state index in [2.05, 4.69) is 5.32 Å². The summed E-state index contributed by atoms with van der Waals surface area (Å²) in [6.07, 6.45) is 0.670. The summed E-state index contributed by atoms with van der Waals surface area (Å²) >= 11 is 0. The van der Waals surface area contributed by atoms with Crippen molar-refractivity contribution in [2.75, 3.05) is 34.0 Å². The highest BCUT2D eigenvalue weighted by Crippen LogP contribution is 2.09. The van der Waals surface area contributed by atoms with Gasteiger partial charge in [0.2, 0.25) is 0 Å². The van der Waals surface area contributed by atoms with Gasteiger partial charge in [0.25, 0.3) is 0 Å². The molecule has 0 aromatic carbocycles. The van der Waals surface area contributed by atoms with Crippen molar-refractivity contribution in [3.63, 3.8) is 0 Å². The average Bonchev–Trinajstić information content (AvgIpc) is 2.44. The Morgan fingerprint density at radius 3 is 2.29 bits per heavy atom. The molecule has 1 unspecified atom stereocenters. The Balaban J connectivity index is 4.87. The summed E-state index contributed by atoms with van der Waals surface area (Å²) in [5.74, 6) is -1.17. The Hall–Kier alpha value is -1.34.